The quantitative estimate of drug-likeness (QED) is 0.501. The molecule has 0 fully saturated rings. The van der Waals surface area contributed by atoms with E-state index in [1.807, 2.05) is 19.9 Å². The number of nitrogens with one attached hydrogen (secondary N) is 1. The molecule has 8 nitrogen and oxygen atoms in total. The first kappa shape index (κ1) is 19.2. The van der Waals surface area contributed by atoms with Crippen LogP contribution in [0.15, 0.2) is 45.9 Å². The molecule has 0 aliphatic carbocycles. The molecule has 4 rings (SSSR count). The van der Waals surface area contributed by atoms with Crippen molar-refractivity contribution in [3.63, 3.8) is 0 Å². The molecular weight excluding hydrogens is 374 g/mol. The molecule has 0 spiro atoms. The van der Waals surface area contributed by atoms with Crippen molar-refractivity contribution in [2.75, 3.05) is 25.6 Å². The number of aromatic nitrogens is 2. The zero-order valence-corrected chi connectivity index (χ0v) is 16.6. The highest BCUT2D eigenvalue weighted by molar-refractivity contribution is 5.79. The molecule has 1 aromatic carbocycles. The monoisotopic (exact) mass is 397 g/mol. The van der Waals surface area contributed by atoms with E-state index in [1.54, 1.807) is 25.3 Å². The maximum absolute atomic E-state index is 11.5. The van der Waals surface area contributed by atoms with E-state index in [1.165, 1.54) is 12.4 Å². The van der Waals surface area contributed by atoms with Gasteiger partial charge in [0.2, 0.25) is 5.88 Å². The molecule has 1 unspecified atom stereocenters. The second-order valence-electron chi connectivity index (χ2n) is 7.43. The Kier molecular flexibility index (Phi) is 5.10. The van der Waals surface area contributed by atoms with Gasteiger partial charge in [-0.2, -0.15) is 0 Å². The third kappa shape index (κ3) is 4.17. The van der Waals surface area contributed by atoms with Gasteiger partial charge in [0.1, 0.15) is 35.2 Å². The third-order valence-electron chi connectivity index (χ3n) is 4.87. The number of hydrogen-bond acceptors (Lipinski definition) is 8. The van der Waals surface area contributed by atoms with Gasteiger partial charge < -0.3 is 23.9 Å². The van der Waals surface area contributed by atoms with Gasteiger partial charge in [-0.3, -0.25) is 0 Å². The average Bonchev–Trinajstić information content (AvgIpc) is 2.67. The van der Waals surface area contributed by atoms with E-state index < -0.39 is 5.60 Å². The fraction of sp³-hybridized carbons (Fsp3) is 0.381. The smallest absolute Gasteiger partial charge is 0.336 e. The number of nitrogens with zero attached hydrogens (tertiary/aromatic N) is 2. The lowest BCUT2D eigenvalue weighted by atomic mass is 9.90. The summed E-state index contributed by atoms with van der Waals surface area (Å²) in [4.78, 5) is 19.9. The van der Waals surface area contributed by atoms with E-state index in [0.29, 0.717) is 42.6 Å². The van der Waals surface area contributed by atoms with Gasteiger partial charge in [0.05, 0.1) is 6.61 Å². The third-order valence-corrected chi connectivity index (χ3v) is 4.87. The van der Waals surface area contributed by atoms with Crippen molar-refractivity contribution in [1.29, 1.82) is 0 Å². The largest absolute Gasteiger partial charge is 0.484 e. The molecule has 0 amide bonds. The van der Waals surface area contributed by atoms with Crippen molar-refractivity contribution in [2.45, 2.75) is 32.0 Å². The first-order valence-corrected chi connectivity index (χ1v) is 9.42. The van der Waals surface area contributed by atoms with Crippen LogP contribution in [-0.4, -0.2) is 41.9 Å². The Hall–Kier alpha value is -3.13. The van der Waals surface area contributed by atoms with Crippen molar-refractivity contribution in [2.24, 2.45) is 0 Å². The minimum absolute atomic E-state index is 0.259. The molecule has 2 aromatic heterocycles. The summed E-state index contributed by atoms with van der Waals surface area (Å²) in [5.74, 6) is 1.83. The van der Waals surface area contributed by atoms with Crippen LogP contribution in [0.2, 0.25) is 0 Å². The lowest BCUT2D eigenvalue weighted by Crippen LogP contribution is -2.49. The number of anilines is 1. The van der Waals surface area contributed by atoms with E-state index in [4.69, 9.17) is 18.6 Å². The molecule has 0 radical (unpaired) electrons. The molecule has 3 aromatic rings. The number of ether oxygens (including phenoxy) is 3. The van der Waals surface area contributed by atoms with Crippen LogP contribution >= 0.6 is 0 Å². The predicted molar refractivity (Wildman–Crippen MR) is 108 cm³/mol. The minimum Gasteiger partial charge on any atom is -0.484 e. The molecular formula is C21H23N3O5. The van der Waals surface area contributed by atoms with Crippen LogP contribution in [0, 0.1) is 0 Å². The number of benzene rings is 1. The van der Waals surface area contributed by atoms with Gasteiger partial charge in [-0.25, -0.2) is 14.8 Å². The first-order valence-electron chi connectivity index (χ1n) is 9.42. The van der Waals surface area contributed by atoms with E-state index in [0.717, 1.165) is 10.9 Å². The fourth-order valence-corrected chi connectivity index (χ4v) is 3.30. The van der Waals surface area contributed by atoms with Crippen LogP contribution in [0.25, 0.3) is 11.0 Å². The first-order chi connectivity index (χ1) is 13.9. The van der Waals surface area contributed by atoms with E-state index in [9.17, 15) is 4.79 Å². The van der Waals surface area contributed by atoms with Crippen molar-refractivity contribution in [3.8, 4) is 11.6 Å². The van der Waals surface area contributed by atoms with Crippen molar-refractivity contribution in [1.82, 2.24) is 9.97 Å². The number of methoxy groups -OCH3 is 1. The highest BCUT2D eigenvalue weighted by Crippen LogP contribution is 2.37. The Balaban J connectivity index is 1.57. The Morgan fingerprint density at radius 3 is 2.93 bits per heavy atom. The summed E-state index contributed by atoms with van der Waals surface area (Å²) in [6.07, 6.45) is 1.84. The molecule has 1 aliphatic heterocycles. The highest BCUT2D eigenvalue weighted by Gasteiger charge is 2.39. The summed E-state index contributed by atoms with van der Waals surface area (Å²) in [7, 11) is 1.65. The molecule has 0 bridgehead atoms. The summed E-state index contributed by atoms with van der Waals surface area (Å²) >= 11 is 0. The van der Waals surface area contributed by atoms with Gasteiger partial charge in [-0.1, -0.05) is 0 Å². The molecule has 1 atom stereocenters. The number of hydrogen-bond donors (Lipinski definition) is 1. The SMILES string of the molecule is COCCNc1cc(OC2Cc3cc4ccc(=O)oc4cc3OC2(C)C)ncn1. The summed E-state index contributed by atoms with van der Waals surface area (Å²) in [5.41, 5.74) is 0.509. The lowest BCUT2D eigenvalue weighted by molar-refractivity contribution is -0.0287. The molecule has 29 heavy (non-hydrogen) atoms. The lowest BCUT2D eigenvalue weighted by Gasteiger charge is -2.39. The zero-order valence-electron chi connectivity index (χ0n) is 16.6. The van der Waals surface area contributed by atoms with Gasteiger partial charge in [-0.15, -0.1) is 0 Å². The molecule has 152 valence electrons. The summed E-state index contributed by atoms with van der Waals surface area (Å²) in [6, 6.07) is 8.66. The van der Waals surface area contributed by atoms with Gasteiger partial charge in [0.15, 0.2) is 0 Å². The van der Waals surface area contributed by atoms with Gasteiger partial charge in [-0.05, 0) is 31.5 Å². The van der Waals surface area contributed by atoms with Gasteiger partial charge in [0.25, 0.3) is 0 Å². The second kappa shape index (κ2) is 7.71. The van der Waals surface area contributed by atoms with Crippen molar-refractivity contribution >= 4 is 16.8 Å². The van der Waals surface area contributed by atoms with E-state index in [2.05, 4.69) is 15.3 Å². The van der Waals surface area contributed by atoms with Crippen LogP contribution in [0.1, 0.15) is 19.4 Å². The number of fused-ring (bicyclic) bond motifs is 2. The van der Waals surface area contributed by atoms with Crippen LogP contribution in [0.4, 0.5) is 5.82 Å². The molecule has 1 aliphatic rings. The molecule has 3 heterocycles. The Labute approximate surface area is 167 Å². The van der Waals surface area contributed by atoms with Crippen LogP contribution in [0.3, 0.4) is 0 Å². The topological polar surface area (TPSA) is 95.7 Å². The minimum atomic E-state index is -0.607. The summed E-state index contributed by atoms with van der Waals surface area (Å²) in [5, 5.41) is 4.01. The second-order valence-corrected chi connectivity index (χ2v) is 7.43. The molecule has 0 saturated carbocycles. The Bertz CT molecular complexity index is 1080. The maximum atomic E-state index is 11.5. The van der Waals surface area contributed by atoms with E-state index in [-0.39, 0.29) is 11.7 Å². The maximum Gasteiger partial charge on any atom is 0.336 e. The Morgan fingerprint density at radius 2 is 2.10 bits per heavy atom. The van der Waals surface area contributed by atoms with Crippen LogP contribution < -0.4 is 20.4 Å². The zero-order chi connectivity index (χ0) is 20.4. The van der Waals surface area contributed by atoms with Crippen molar-refractivity contribution in [3.05, 3.63) is 52.6 Å². The standard InChI is InChI=1S/C21H23N3O5/c1-21(2)17(28-19-11-18(23-12-24-19)22-6-7-26-3)9-14-8-13-4-5-20(25)27-15(13)10-16(14)29-21/h4-5,8,10-12,17H,6-7,9H2,1-3H3,(H,22,23,24). The van der Waals surface area contributed by atoms with Gasteiger partial charge in [0, 0.05) is 43.7 Å². The summed E-state index contributed by atoms with van der Waals surface area (Å²) < 4.78 is 22.7. The molecule has 8 heteroatoms. The summed E-state index contributed by atoms with van der Waals surface area (Å²) in [6.45, 7) is 5.14. The molecule has 0 saturated heterocycles. The fourth-order valence-electron chi connectivity index (χ4n) is 3.30. The molecule has 1 N–H and O–H groups in total. The van der Waals surface area contributed by atoms with Crippen molar-refractivity contribution < 1.29 is 18.6 Å². The number of rotatable bonds is 6. The van der Waals surface area contributed by atoms with Crippen LogP contribution in [0.5, 0.6) is 11.6 Å². The highest BCUT2D eigenvalue weighted by atomic mass is 16.6. The van der Waals surface area contributed by atoms with E-state index >= 15 is 0 Å². The average molecular weight is 397 g/mol. The normalized spacial score (nSPS) is 17.4. The Morgan fingerprint density at radius 1 is 1.24 bits per heavy atom. The van der Waals surface area contributed by atoms with Crippen LogP contribution in [-0.2, 0) is 11.2 Å². The van der Waals surface area contributed by atoms with Gasteiger partial charge >= 0.3 is 5.63 Å². The predicted octanol–water partition coefficient (Wildman–Crippen LogP) is 2.80.